The normalized spacial score (nSPS) is 16.0. The van der Waals surface area contributed by atoms with Crippen molar-refractivity contribution in [3.63, 3.8) is 0 Å². The van der Waals surface area contributed by atoms with Crippen LogP contribution in [0.1, 0.15) is 21.5 Å². The Kier molecular flexibility index (Phi) is 5.77. The highest BCUT2D eigenvalue weighted by Crippen LogP contribution is 2.28. The van der Waals surface area contributed by atoms with Gasteiger partial charge in [0, 0.05) is 0 Å². The lowest BCUT2D eigenvalue weighted by atomic mass is 10.2. The second kappa shape index (κ2) is 8.80. The minimum absolute atomic E-state index is 0.189. The molecule has 3 aromatic carbocycles. The van der Waals surface area contributed by atoms with Crippen molar-refractivity contribution in [1.29, 1.82) is 0 Å². The van der Waals surface area contributed by atoms with E-state index in [0.29, 0.717) is 21.4 Å². The third-order valence-corrected chi connectivity index (χ3v) is 5.22. The van der Waals surface area contributed by atoms with Crippen LogP contribution in [0.15, 0.2) is 88.8 Å². The van der Waals surface area contributed by atoms with Crippen molar-refractivity contribution in [2.75, 3.05) is 0 Å². The number of hydrogen-bond acceptors (Lipinski definition) is 5. The van der Waals surface area contributed by atoms with Crippen LogP contribution < -0.4 is 10.1 Å². The Morgan fingerprint density at radius 2 is 1.67 bits per heavy atom. The van der Waals surface area contributed by atoms with Crippen LogP contribution in [0.5, 0.6) is 5.75 Å². The van der Waals surface area contributed by atoms with Crippen LogP contribution in [0.3, 0.4) is 0 Å². The van der Waals surface area contributed by atoms with E-state index in [9.17, 15) is 9.59 Å². The van der Waals surface area contributed by atoms with Gasteiger partial charge < -0.3 is 10.1 Å². The van der Waals surface area contributed by atoms with E-state index >= 15 is 0 Å². The van der Waals surface area contributed by atoms with Crippen LogP contribution in [0.25, 0.3) is 6.08 Å². The van der Waals surface area contributed by atoms with E-state index in [1.165, 1.54) is 11.8 Å². The quantitative estimate of drug-likeness (QED) is 0.366. The third kappa shape index (κ3) is 4.85. The number of amidine groups is 1. The standard InChI is InChI=1S/C24H18N2O3S/c1-16-7-11-19(12-8-16)25-24-26-22(27)21(30-24)15-17-9-13-20(14-10-17)29-23(28)18-5-3-2-4-6-18/h2-15H,1H3,(H,25,26,27)/b21-15-. The zero-order chi connectivity index (χ0) is 20.9. The van der Waals surface area contributed by atoms with Gasteiger partial charge in [0.05, 0.1) is 16.2 Å². The summed E-state index contributed by atoms with van der Waals surface area (Å²) in [4.78, 5) is 29.4. The van der Waals surface area contributed by atoms with Crippen molar-refractivity contribution >= 4 is 40.6 Å². The first-order chi connectivity index (χ1) is 14.6. The molecule has 1 fully saturated rings. The Bertz CT molecular complexity index is 1140. The summed E-state index contributed by atoms with van der Waals surface area (Å²) in [5.41, 5.74) is 3.25. The number of nitrogens with zero attached hydrogens (tertiary/aromatic N) is 1. The molecule has 0 aromatic heterocycles. The first-order valence-electron chi connectivity index (χ1n) is 9.30. The summed E-state index contributed by atoms with van der Waals surface area (Å²) in [5, 5.41) is 3.32. The predicted octanol–water partition coefficient (Wildman–Crippen LogP) is 5.11. The number of amides is 1. The van der Waals surface area contributed by atoms with E-state index in [-0.39, 0.29) is 5.91 Å². The fourth-order valence-electron chi connectivity index (χ4n) is 2.74. The first-order valence-corrected chi connectivity index (χ1v) is 10.1. The molecule has 1 saturated heterocycles. The lowest BCUT2D eigenvalue weighted by Crippen LogP contribution is -2.19. The number of thioether (sulfide) groups is 1. The van der Waals surface area contributed by atoms with Gasteiger partial charge in [-0.3, -0.25) is 4.79 Å². The fourth-order valence-corrected chi connectivity index (χ4v) is 3.58. The average molecular weight is 414 g/mol. The molecular formula is C24H18N2O3S. The molecule has 6 heteroatoms. The molecule has 0 saturated carbocycles. The van der Waals surface area contributed by atoms with Crippen LogP contribution >= 0.6 is 11.8 Å². The highest BCUT2D eigenvalue weighted by molar-refractivity contribution is 8.18. The maximum Gasteiger partial charge on any atom is 0.343 e. The summed E-state index contributed by atoms with van der Waals surface area (Å²) in [6.07, 6.45) is 1.78. The Hall–Kier alpha value is -3.64. The topological polar surface area (TPSA) is 67.8 Å². The first kappa shape index (κ1) is 19.7. The average Bonchev–Trinajstić information content (AvgIpc) is 3.10. The number of esters is 1. The lowest BCUT2D eigenvalue weighted by Gasteiger charge is -2.04. The SMILES string of the molecule is Cc1ccc(N=C2NC(=O)/C(=C/c3ccc(OC(=O)c4ccccc4)cc3)S2)cc1. The van der Waals surface area contributed by atoms with Gasteiger partial charge in [-0.05, 0) is 66.7 Å². The van der Waals surface area contributed by atoms with Gasteiger partial charge >= 0.3 is 5.97 Å². The van der Waals surface area contributed by atoms with Gasteiger partial charge in [0.15, 0.2) is 5.17 Å². The molecule has 4 rings (SSSR count). The second-order valence-electron chi connectivity index (χ2n) is 6.64. The Balaban J connectivity index is 1.44. The monoisotopic (exact) mass is 414 g/mol. The van der Waals surface area contributed by atoms with Gasteiger partial charge in [-0.25, -0.2) is 9.79 Å². The number of hydrogen-bond donors (Lipinski definition) is 1. The van der Waals surface area contributed by atoms with E-state index in [2.05, 4.69) is 10.3 Å². The van der Waals surface area contributed by atoms with E-state index in [0.717, 1.165) is 16.8 Å². The van der Waals surface area contributed by atoms with E-state index in [1.54, 1.807) is 54.6 Å². The summed E-state index contributed by atoms with van der Waals surface area (Å²) in [6.45, 7) is 2.01. The Labute approximate surface area is 178 Å². The molecule has 0 unspecified atom stereocenters. The molecule has 0 radical (unpaired) electrons. The van der Waals surface area contributed by atoms with Crippen LogP contribution in [-0.2, 0) is 4.79 Å². The molecule has 0 spiro atoms. The van der Waals surface area contributed by atoms with Gasteiger partial charge in [0.1, 0.15) is 5.75 Å². The highest BCUT2D eigenvalue weighted by Gasteiger charge is 2.23. The molecule has 3 aromatic rings. The van der Waals surface area contributed by atoms with Crippen molar-refractivity contribution in [3.05, 3.63) is 100 Å². The van der Waals surface area contributed by atoms with Crippen LogP contribution in [0.2, 0.25) is 0 Å². The molecule has 1 aliphatic rings. The number of carbonyl (C=O) groups is 2. The van der Waals surface area contributed by atoms with E-state index in [4.69, 9.17) is 4.74 Å². The number of benzene rings is 3. The van der Waals surface area contributed by atoms with Gasteiger partial charge in [-0.1, -0.05) is 48.0 Å². The lowest BCUT2D eigenvalue weighted by molar-refractivity contribution is -0.115. The summed E-state index contributed by atoms with van der Waals surface area (Å²) in [7, 11) is 0. The van der Waals surface area contributed by atoms with Gasteiger partial charge in [-0.2, -0.15) is 0 Å². The highest BCUT2D eigenvalue weighted by atomic mass is 32.2. The molecule has 1 amide bonds. The van der Waals surface area contributed by atoms with Crippen molar-refractivity contribution in [3.8, 4) is 5.75 Å². The molecule has 30 heavy (non-hydrogen) atoms. The van der Waals surface area contributed by atoms with Crippen molar-refractivity contribution < 1.29 is 14.3 Å². The van der Waals surface area contributed by atoms with E-state index in [1.807, 2.05) is 37.3 Å². The molecule has 1 N–H and O–H groups in total. The molecule has 0 atom stereocenters. The minimum atomic E-state index is -0.413. The number of aliphatic imine (C=N–C) groups is 1. The summed E-state index contributed by atoms with van der Waals surface area (Å²) in [5.74, 6) is -0.161. The number of rotatable bonds is 4. The summed E-state index contributed by atoms with van der Waals surface area (Å²) >= 11 is 1.29. The van der Waals surface area contributed by atoms with E-state index < -0.39 is 5.97 Å². The van der Waals surface area contributed by atoms with Crippen molar-refractivity contribution in [2.24, 2.45) is 4.99 Å². The van der Waals surface area contributed by atoms with Gasteiger partial charge in [-0.15, -0.1) is 0 Å². The Morgan fingerprint density at radius 3 is 2.37 bits per heavy atom. The number of carbonyl (C=O) groups excluding carboxylic acids is 2. The number of ether oxygens (including phenoxy) is 1. The van der Waals surface area contributed by atoms with Crippen LogP contribution in [-0.4, -0.2) is 17.0 Å². The maximum absolute atomic E-state index is 12.3. The summed E-state index contributed by atoms with van der Waals surface area (Å²) in [6, 6.07) is 23.6. The molecular weight excluding hydrogens is 396 g/mol. The van der Waals surface area contributed by atoms with Crippen molar-refractivity contribution in [2.45, 2.75) is 6.92 Å². The van der Waals surface area contributed by atoms with Gasteiger partial charge in [0.2, 0.25) is 0 Å². The molecule has 1 heterocycles. The third-order valence-electron chi connectivity index (χ3n) is 4.31. The fraction of sp³-hybridized carbons (Fsp3) is 0.0417. The minimum Gasteiger partial charge on any atom is -0.423 e. The van der Waals surface area contributed by atoms with Crippen LogP contribution in [0, 0.1) is 6.92 Å². The largest absolute Gasteiger partial charge is 0.423 e. The molecule has 5 nitrogen and oxygen atoms in total. The second-order valence-corrected chi connectivity index (χ2v) is 7.67. The summed E-state index contributed by atoms with van der Waals surface area (Å²) < 4.78 is 5.38. The molecule has 0 bridgehead atoms. The Morgan fingerprint density at radius 1 is 0.967 bits per heavy atom. The predicted molar refractivity (Wildman–Crippen MR) is 120 cm³/mol. The zero-order valence-corrected chi connectivity index (χ0v) is 17.0. The zero-order valence-electron chi connectivity index (χ0n) is 16.2. The van der Waals surface area contributed by atoms with Crippen molar-refractivity contribution in [1.82, 2.24) is 5.32 Å². The molecule has 1 aliphatic heterocycles. The smallest absolute Gasteiger partial charge is 0.343 e. The van der Waals surface area contributed by atoms with Crippen LogP contribution in [0.4, 0.5) is 5.69 Å². The number of aryl methyl sites for hydroxylation is 1. The van der Waals surface area contributed by atoms with Gasteiger partial charge in [0.25, 0.3) is 5.91 Å². The molecule has 0 aliphatic carbocycles. The number of nitrogens with one attached hydrogen (secondary N) is 1. The molecule has 148 valence electrons. The maximum atomic E-state index is 12.3.